The molecule has 0 unspecified atom stereocenters. The zero-order valence-corrected chi connectivity index (χ0v) is 15.5. The van der Waals surface area contributed by atoms with Crippen molar-refractivity contribution in [2.75, 3.05) is 26.2 Å². The lowest BCUT2D eigenvalue weighted by Crippen LogP contribution is -2.50. The number of hydrogen-bond acceptors (Lipinski definition) is 3. The molecular weight excluding hydrogens is 379 g/mol. The smallest absolute Gasteiger partial charge is 0.254 e. The van der Waals surface area contributed by atoms with E-state index in [0.29, 0.717) is 10.6 Å². The van der Waals surface area contributed by atoms with Crippen LogP contribution in [-0.2, 0) is 15.8 Å². The molecule has 1 amide bonds. The van der Waals surface area contributed by atoms with Gasteiger partial charge in [0.25, 0.3) is 5.91 Å². The Morgan fingerprint density at radius 3 is 2.31 bits per heavy atom. The maximum Gasteiger partial charge on any atom is 0.254 e. The Balaban J connectivity index is 1.62. The van der Waals surface area contributed by atoms with Crippen LogP contribution in [0.5, 0.6) is 0 Å². The minimum absolute atomic E-state index is 0.109. The molecule has 2 aromatic rings. The van der Waals surface area contributed by atoms with Gasteiger partial charge in [0.1, 0.15) is 5.82 Å². The molecule has 0 atom stereocenters. The Hall–Kier alpha value is -1.96. The number of halogens is 2. The number of sulfonamides is 1. The number of amides is 1. The van der Waals surface area contributed by atoms with Gasteiger partial charge in [0.15, 0.2) is 0 Å². The third-order valence-electron chi connectivity index (χ3n) is 4.25. The first-order chi connectivity index (χ1) is 12.3. The summed E-state index contributed by atoms with van der Waals surface area (Å²) in [5.74, 6) is -0.874. The van der Waals surface area contributed by atoms with E-state index >= 15 is 0 Å². The minimum Gasteiger partial charge on any atom is -0.336 e. The third-order valence-corrected chi connectivity index (χ3v) is 6.36. The first-order valence-electron chi connectivity index (χ1n) is 8.12. The van der Waals surface area contributed by atoms with Crippen molar-refractivity contribution < 1.29 is 17.6 Å². The van der Waals surface area contributed by atoms with Gasteiger partial charge in [-0.15, -0.1) is 0 Å². The van der Waals surface area contributed by atoms with Gasteiger partial charge in [-0.25, -0.2) is 12.8 Å². The van der Waals surface area contributed by atoms with Gasteiger partial charge in [-0.05, 0) is 35.9 Å². The lowest BCUT2D eigenvalue weighted by atomic mass is 10.2. The average molecular weight is 397 g/mol. The molecule has 5 nitrogen and oxygen atoms in total. The quantitative estimate of drug-likeness (QED) is 0.798. The molecule has 0 radical (unpaired) electrons. The molecule has 1 saturated heterocycles. The molecular formula is C18H18ClFN2O3S. The summed E-state index contributed by atoms with van der Waals surface area (Å²) in [6.45, 7) is 0.984. The van der Waals surface area contributed by atoms with Gasteiger partial charge in [-0.3, -0.25) is 4.79 Å². The van der Waals surface area contributed by atoms with E-state index in [1.807, 2.05) is 0 Å². The van der Waals surface area contributed by atoms with Crippen molar-refractivity contribution in [1.29, 1.82) is 0 Å². The zero-order valence-electron chi connectivity index (χ0n) is 13.9. The third kappa shape index (κ3) is 4.41. The molecule has 1 heterocycles. The van der Waals surface area contributed by atoms with E-state index in [1.165, 1.54) is 22.5 Å². The van der Waals surface area contributed by atoms with Crippen molar-refractivity contribution in [3.63, 3.8) is 0 Å². The Morgan fingerprint density at radius 2 is 1.69 bits per heavy atom. The first kappa shape index (κ1) is 18.8. The second kappa shape index (κ2) is 7.73. The zero-order chi connectivity index (χ0) is 18.7. The number of benzene rings is 2. The second-order valence-corrected chi connectivity index (χ2v) is 8.49. The standard InChI is InChI=1S/C18H18ClFN2O3S/c19-16-6-4-14(5-7-16)13-26(24,25)22-10-8-21(9-11-22)18(23)15-2-1-3-17(20)12-15/h1-7,12H,8-11,13H2. The Kier molecular flexibility index (Phi) is 5.60. The summed E-state index contributed by atoms with van der Waals surface area (Å²) in [5.41, 5.74) is 0.926. The summed E-state index contributed by atoms with van der Waals surface area (Å²) in [7, 11) is -3.48. The van der Waals surface area contributed by atoms with Crippen LogP contribution in [0.1, 0.15) is 15.9 Å². The van der Waals surface area contributed by atoms with Gasteiger partial charge in [-0.2, -0.15) is 4.31 Å². The average Bonchev–Trinajstić information content (AvgIpc) is 2.63. The molecule has 3 rings (SSSR count). The Bertz CT molecular complexity index is 895. The minimum atomic E-state index is -3.48. The molecule has 0 bridgehead atoms. The van der Waals surface area contributed by atoms with E-state index in [1.54, 1.807) is 35.2 Å². The Labute approximate surface area is 157 Å². The number of piperazine rings is 1. The number of carbonyl (C=O) groups is 1. The van der Waals surface area contributed by atoms with Crippen LogP contribution < -0.4 is 0 Å². The number of carbonyl (C=O) groups excluding carboxylic acids is 1. The van der Waals surface area contributed by atoms with Gasteiger partial charge in [0.05, 0.1) is 5.75 Å². The van der Waals surface area contributed by atoms with E-state index in [0.717, 1.165) is 0 Å². The predicted molar refractivity (Wildman–Crippen MR) is 98.0 cm³/mol. The fraction of sp³-hybridized carbons (Fsp3) is 0.278. The first-order valence-corrected chi connectivity index (χ1v) is 10.1. The molecule has 8 heteroatoms. The van der Waals surface area contributed by atoms with Gasteiger partial charge in [-0.1, -0.05) is 29.8 Å². The summed E-state index contributed by atoms with van der Waals surface area (Å²) in [6.07, 6.45) is 0. The topological polar surface area (TPSA) is 57.7 Å². The molecule has 26 heavy (non-hydrogen) atoms. The van der Waals surface area contributed by atoms with Crippen molar-refractivity contribution >= 4 is 27.5 Å². The van der Waals surface area contributed by atoms with Crippen LogP contribution in [0.25, 0.3) is 0 Å². The van der Waals surface area contributed by atoms with E-state index in [9.17, 15) is 17.6 Å². The van der Waals surface area contributed by atoms with Crippen LogP contribution in [0.3, 0.4) is 0 Å². The lowest BCUT2D eigenvalue weighted by molar-refractivity contribution is 0.0697. The molecule has 0 spiro atoms. The molecule has 2 aromatic carbocycles. The molecule has 0 N–H and O–H groups in total. The van der Waals surface area contributed by atoms with Crippen molar-refractivity contribution in [1.82, 2.24) is 9.21 Å². The molecule has 0 aromatic heterocycles. The maximum atomic E-state index is 13.3. The summed E-state index contributed by atoms with van der Waals surface area (Å²) in [5, 5.41) is 0.552. The van der Waals surface area contributed by atoms with Gasteiger partial charge >= 0.3 is 0 Å². The second-order valence-electron chi connectivity index (χ2n) is 6.08. The molecule has 0 saturated carbocycles. The van der Waals surface area contributed by atoms with Gasteiger partial charge < -0.3 is 4.90 Å². The highest BCUT2D eigenvalue weighted by Gasteiger charge is 2.29. The fourth-order valence-corrected chi connectivity index (χ4v) is 4.50. The normalized spacial score (nSPS) is 15.8. The molecule has 1 fully saturated rings. The summed E-state index contributed by atoms with van der Waals surface area (Å²) in [6, 6.07) is 12.2. The van der Waals surface area contributed by atoms with Crippen LogP contribution in [0, 0.1) is 5.82 Å². The van der Waals surface area contributed by atoms with Crippen molar-refractivity contribution in [3.8, 4) is 0 Å². The number of hydrogen-bond donors (Lipinski definition) is 0. The molecule has 1 aliphatic rings. The molecule has 0 aliphatic carbocycles. The summed E-state index contributed by atoms with van der Waals surface area (Å²) < 4.78 is 39.8. The summed E-state index contributed by atoms with van der Waals surface area (Å²) >= 11 is 5.82. The van der Waals surface area contributed by atoms with Crippen LogP contribution in [0.4, 0.5) is 4.39 Å². The van der Waals surface area contributed by atoms with Crippen LogP contribution >= 0.6 is 11.6 Å². The van der Waals surface area contributed by atoms with Gasteiger partial charge in [0, 0.05) is 36.8 Å². The van der Waals surface area contributed by atoms with E-state index < -0.39 is 15.8 Å². The molecule has 1 aliphatic heterocycles. The van der Waals surface area contributed by atoms with E-state index in [2.05, 4.69) is 0 Å². The van der Waals surface area contributed by atoms with E-state index in [4.69, 9.17) is 11.6 Å². The van der Waals surface area contributed by atoms with Crippen LogP contribution in [-0.4, -0.2) is 49.7 Å². The number of rotatable bonds is 4. The summed E-state index contributed by atoms with van der Waals surface area (Å²) in [4.78, 5) is 14.0. The number of nitrogens with zero attached hydrogens (tertiary/aromatic N) is 2. The van der Waals surface area contributed by atoms with E-state index in [-0.39, 0.29) is 43.4 Å². The highest BCUT2D eigenvalue weighted by atomic mass is 35.5. The lowest BCUT2D eigenvalue weighted by Gasteiger charge is -2.34. The molecule has 138 valence electrons. The fourth-order valence-electron chi connectivity index (χ4n) is 2.86. The van der Waals surface area contributed by atoms with Crippen LogP contribution in [0.2, 0.25) is 5.02 Å². The maximum absolute atomic E-state index is 13.3. The van der Waals surface area contributed by atoms with Crippen molar-refractivity contribution in [2.24, 2.45) is 0 Å². The van der Waals surface area contributed by atoms with Crippen molar-refractivity contribution in [3.05, 3.63) is 70.5 Å². The SMILES string of the molecule is O=C(c1cccc(F)c1)N1CCN(S(=O)(=O)Cc2ccc(Cl)cc2)CC1. The van der Waals surface area contributed by atoms with Crippen molar-refractivity contribution in [2.45, 2.75) is 5.75 Å². The highest BCUT2D eigenvalue weighted by molar-refractivity contribution is 7.88. The highest BCUT2D eigenvalue weighted by Crippen LogP contribution is 2.17. The van der Waals surface area contributed by atoms with Crippen LogP contribution in [0.15, 0.2) is 48.5 Å². The Morgan fingerprint density at radius 1 is 1.04 bits per heavy atom. The monoisotopic (exact) mass is 396 g/mol. The predicted octanol–water partition coefficient (Wildman–Crippen LogP) is 2.77. The largest absolute Gasteiger partial charge is 0.336 e. The van der Waals surface area contributed by atoms with Gasteiger partial charge in [0.2, 0.25) is 10.0 Å².